The Morgan fingerprint density at radius 3 is 2.65 bits per heavy atom. The molecule has 5 nitrogen and oxygen atoms in total. The van der Waals surface area contributed by atoms with Crippen molar-refractivity contribution in [2.75, 3.05) is 12.8 Å². The summed E-state index contributed by atoms with van der Waals surface area (Å²) in [5.74, 6) is -0.557. The third-order valence-corrected chi connectivity index (χ3v) is 3.80. The molecule has 0 atom stereocenters. The van der Waals surface area contributed by atoms with Crippen molar-refractivity contribution in [3.8, 4) is 0 Å². The van der Waals surface area contributed by atoms with Crippen LogP contribution in [0.1, 0.15) is 34.3 Å². The van der Waals surface area contributed by atoms with Gasteiger partial charge in [0.05, 0.1) is 12.7 Å². The second-order valence-corrected chi connectivity index (χ2v) is 4.98. The zero-order chi connectivity index (χ0) is 14.3. The van der Waals surface area contributed by atoms with Crippen LogP contribution in [0, 0.1) is 0 Å². The van der Waals surface area contributed by atoms with Crippen molar-refractivity contribution >= 4 is 22.6 Å². The molecule has 0 saturated heterocycles. The molecule has 1 heterocycles. The van der Waals surface area contributed by atoms with Crippen LogP contribution >= 0.6 is 0 Å². The summed E-state index contributed by atoms with van der Waals surface area (Å²) in [6.07, 6.45) is 3.79. The molecule has 0 aliphatic heterocycles. The topological polar surface area (TPSA) is 82.5 Å². The highest BCUT2D eigenvalue weighted by Crippen LogP contribution is 2.34. The quantitative estimate of drug-likeness (QED) is 0.488. The molecule has 0 unspecified atom stereocenters. The van der Waals surface area contributed by atoms with E-state index in [9.17, 15) is 9.59 Å². The Labute approximate surface area is 115 Å². The van der Waals surface area contributed by atoms with Gasteiger partial charge in [-0.2, -0.15) is 0 Å². The molecule has 0 spiro atoms. The standard InChI is InChI=1S/C15H15NO4/c1-19-15(18)11-7-13(17)20-14-9-5-3-2-4-8(9)12(16)6-10(11)14/h6-7H,2-5,16H2,1H3. The molecule has 0 fully saturated rings. The maximum atomic E-state index is 11.8. The van der Waals surface area contributed by atoms with Crippen LogP contribution in [0.3, 0.4) is 0 Å². The minimum atomic E-state index is -0.557. The van der Waals surface area contributed by atoms with Crippen molar-refractivity contribution < 1.29 is 13.9 Å². The van der Waals surface area contributed by atoms with Crippen LogP contribution in [-0.2, 0) is 17.6 Å². The molecule has 0 saturated carbocycles. The Balaban J connectivity index is 2.41. The van der Waals surface area contributed by atoms with Crippen LogP contribution < -0.4 is 11.4 Å². The highest BCUT2D eigenvalue weighted by Gasteiger charge is 2.21. The molecule has 1 aromatic carbocycles. The summed E-state index contributed by atoms with van der Waals surface area (Å²) < 4.78 is 10.1. The van der Waals surface area contributed by atoms with Gasteiger partial charge in [-0.25, -0.2) is 9.59 Å². The van der Waals surface area contributed by atoms with Gasteiger partial charge >= 0.3 is 11.6 Å². The number of methoxy groups -OCH3 is 1. The molecule has 20 heavy (non-hydrogen) atoms. The zero-order valence-corrected chi connectivity index (χ0v) is 11.2. The molecular weight excluding hydrogens is 258 g/mol. The maximum absolute atomic E-state index is 11.8. The molecule has 3 rings (SSSR count). The van der Waals surface area contributed by atoms with Gasteiger partial charge in [0, 0.05) is 22.7 Å². The Morgan fingerprint density at radius 2 is 1.95 bits per heavy atom. The van der Waals surface area contributed by atoms with E-state index in [1.54, 1.807) is 6.07 Å². The van der Waals surface area contributed by atoms with E-state index in [-0.39, 0.29) is 5.56 Å². The van der Waals surface area contributed by atoms with Crippen molar-refractivity contribution in [3.05, 3.63) is 39.2 Å². The number of benzene rings is 1. The number of anilines is 1. The Morgan fingerprint density at radius 1 is 1.25 bits per heavy atom. The number of nitrogen functional groups attached to an aromatic ring is 1. The smallest absolute Gasteiger partial charge is 0.338 e. The fourth-order valence-electron chi connectivity index (χ4n) is 2.87. The van der Waals surface area contributed by atoms with E-state index in [0.717, 1.165) is 42.9 Å². The van der Waals surface area contributed by atoms with Crippen molar-refractivity contribution in [1.82, 2.24) is 0 Å². The molecule has 0 amide bonds. The SMILES string of the molecule is COC(=O)c1cc(=O)oc2c3c(c(N)cc12)CCCC3. The number of rotatable bonds is 1. The first kappa shape index (κ1) is 12.7. The predicted molar refractivity (Wildman–Crippen MR) is 74.9 cm³/mol. The van der Waals surface area contributed by atoms with Gasteiger partial charge in [-0.3, -0.25) is 0 Å². The second-order valence-electron chi connectivity index (χ2n) is 4.98. The minimum absolute atomic E-state index is 0.207. The predicted octanol–water partition coefficient (Wildman–Crippen LogP) is 2.04. The van der Waals surface area contributed by atoms with Gasteiger partial charge in [-0.15, -0.1) is 0 Å². The molecule has 2 aromatic rings. The normalized spacial score (nSPS) is 14.1. The van der Waals surface area contributed by atoms with E-state index in [1.165, 1.54) is 7.11 Å². The summed E-state index contributed by atoms with van der Waals surface area (Å²) in [6.45, 7) is 0. The fraction of sp³-hybridized carbons (Fsp3) is 0.333. The number of carbonyl (C=O) groups is 1. The molecule has 0 bridgehead atoms. The monoisotopic (exact) mass is 273 g/mol. The summed E-state index contributed by atoms with van der Waals surface area (Å²) in [7, 11) is 1.28. The number of aryl methyl sites for hydroxylation is 1. The maximum Gasteiger partial charge on any atom is 0.338 e. The molecule has 1 aliphatic carbocycles. The Hall–Kier alpha value is -2.30. The van der Waals surface area contributed by atoms with Crippen LogP contribution in [0.2, 0.25) is 0 Å². The van der Waals surface area contributed by atoms with Gasteiger partial charge in [0.2, 0.25) is 0 Å². The number of carbonyl (C=O) groups excluding carboxylic acids is 1. The first-order valence-electron chi connectivity index (χ1n) is 6.58. The summed E-state index contributed by atoms with van der Waals surface area (Å²) in [6, 6.07) is 2.86. The number of nitrogens with two attached hydrogens (primary N) is 1. The average molecular weight is 273 g/mol. The van der Waals surface area contributed by atoms with E-state index in [4.69, 9.17) is 14.9 Å². The Bertz CT molecular complexity index is 761. The summed E-state index contributed by atoms with van der Waals surface area (Å²) in [5, 5.41) is 0.551. The molecule has 104 valence electrons. The van der Waals surface area contributed by atoms with E-state index in [0.29, 0.717) is 16.7 Å². The van der Waals surface area contributed by atoms with Crippen molar-refractivity contribution in [1.29, 1.82) is 0 Å². The zero-order valence-electron chi connectivity index (χ0n) is 11.2. The first-order chi connectivity index (χ1) is 9.61. The number of hydrogen-bond acceptors (Lipinski definition) is 5. The largest absolute Gasteiger partial charge is 0.465 e. The van der Waals surface area contributed by atoms with E-state index in [2.05, 4.69) is 0 Å². The van der Waals surface area contributed by atoms with Gasteiger partial charge in [-0.1, -0.05) is 0 Å². The van der Waals surface area contributed by atoms with Crippen LogP contribution in [0.15, 0.2) is 21.3 Å². The molecule has 1 aromatic heterocycles. The number of esters is 1. The lowest BCUT2D eigenvalue weighted by molar-refractivity contribution is 0.0602. The fourth-order valence-corrected chi connectivity index (χ4v) is 2.87. The lowest BCUT2D eigenvalue weighted by Gasteiger charge is -2.19. The highest BCUT2D eigenvalue weighted by atomic mass is 16.5. The van der Waals surface area contributed by atoms with E-state index >= 15 is 0 Å². The number of fused-ring (bicyclic) bond motifs is 3. The van der Waals surface area contributed by atoms with Crippen LogP contribution in [-0.4, -0.2) is 13.1 Å². The summed E-state index contributed by atoms with van der Waals surface area (Å²) in [4.78, 5) is 23.5. The van der Waals surface area contributed by atoms with Crippen LogP contribution in [0.5, 0.6) is 0 Å². The first-order valence-corrected chi connectivity index (χ1v) is 6.58. The van der Waals surface area contributed by atoms with Gasteiger partial charge in [0.1, 0.15) is 5.58 Å². The lowest BCUT2D eigenvalue weighted by atomic mass is 9.88. The van der Waals surface area contributed by atoms with Gasteiger partial charge in [0.15, 0.2) is 0 Å². The lowest BCUT2D eigenvalue weighted by Crippen LogP contribution is -2.12. The van der Waals surface area contributed by atoms with Gasteiger partial charge in [-0.05, 0) is 37.3 Å². The van der Waals surface area contributed by atoms with Crippen LogP contribution in [0.25, 0.3) is 11.0 Å². The Kier molecular flexibility index (Phi) is 2.97. The van der Waals surface area contributed by atoms with Gasteiger partial charge < -0.3 is 14.9 Å². The van der Waals surface area contributed by atoms with Gasteiger partial charge in [0.25, 0.3) is 0 Å². The third-order valence-electron chi connectivity index (χ3n) is 3.80. The van der Waals surface area contributed by atoms with Crippen molar-refractivity contribution in [2.45, 2.75) is 25.7 Å². The second kappa shape index (κ2) is 4.67. The molecule has 1 aliphatic rings. The van der Waals surface area contributed by atoms with Crippen molar-refractivity contribution in [2.24, 2.45) is 0 Å². The number of ether oxygens (including phenoxy) is 1. The van der Waals surface area contributed by atoms with Crippen molar-refractivity contribution in [3.63, 3.8) is 0 Å². The summed E-state index contributed by atoms with van der Waals surface area (Å²) in [5.41, 5.74) is 8.85. The third kappa shape index (κ3) is 1.86. The molecule has 0 radical (unpaired) electrons. The van der Waals surface area contributed by atoms with E-state index in [1.807, 2.05) is 0 Å². The highest BCUT2D eigenvalue weighted by molar-refractivity contribution is 6.04. The number of hydrogen-bond donors (Lipinski definition) is 1. The molecular formula is C15H15NO4. The van der Waals surface area contributed by atoms with Crippen LogP contribution in [0.4, 0.5) is 5.69 Å². The average Bonchev–Trinajstić information content (AvgIpc) is 2.47. The minimum Gasteiger partial charge on any atom is -0.465 e. The molecule has 5 heteroatoms. The van der Waals surface area contributed by atoms with E-state index < -0.39 is 11.6 Å². The summed E-state index contributed by atoms with van der Waals surface area (Å²) >= 11 is 0. The molecule has 2 N–H and O–H groups in total.